The first-order valence-electron chi connectivity index (χ1n) is 8.91. The van der Waals surface area contributed by atoms with Gasteiger partial charge in [0.15, 0.2) is 5.82 Å². The zero-order valence-electron chi connectivity index (χ0n) is 15.0. The van der Waals surface area contributed by atoms with E-state index in [2.05, 4.69) is 31.3 Å². The summed E-state index contributed by atoms with van der Waals surface area (Å²) in [4.78, 5) is 15.6. The Kier molecular flexibility index (Phi) is 5.25. The standard InChI is InChI=1S/C21H18BrFN4O/c22-17-13-27(12-15-5-1-3-7-18(15)23)26-21(17)25-20(28)10-9-14-11-24-19-8-4-2-6-16(14)19/h1-8,11,13,24H,9-10,12H2,(H,25,26,28). The number of benzene rings is 2. The molecule has 0 saturated heterocycles. The molecular weight excluding hydrogens is 423 g/mol. The molecule has 0 unspecified atom stereocenters. The molecule has 0 fully saturated rings. The van der Waals surface area contributed by atoms with Gasteiger partial charge in [-0.15, -0.1) is 0 Å². The summed E-state index contributed by atoms with van der Waals surface area (Å²) in [6.45, 7) is 0.288. The van der Waals surface area contributed by atoms with Gasteiger partial charge < -0.3 is 10.3 Å². The number of nitrogens with zero attached hydrogens (tertiary/aromatic N) is 2. The van der Waals surface area contributed by atoms with Crippen molar-refractivity contribution in [1.29, 1.82) is 0 Å². The Hall–Kier alpha value is -2.93. The van der Waals surface area contributed by atoms with Gasteiger partial charge in [-0.2, -0.15) is 5.10 Å². The third-order valence-electron chi connectivity index (χ3n) is 4.56. The maximum atomic E-state index is 13.8. The molecular formula is C21H18BrFN4O. The molecule has 1 amide bonds. The quantitative estimate of drug-likeness (QED) is 0.448. The highest BCUT2D eigenvalue weighted by Crippen LogP contribution is 2.22. The number of nitrogens with one attached hydrogen (secondary N) is 2. The Morgan fingerprint density at radius 1 is 1.14 bits per heavy atom. The Labute approximate surface area is 169 Å². The summed E-state index contributed by atoms with van der Waals surface area (Å²) in [5, 5.41) is 8.30. The molecule has 2 aromatic carbocycles. The number of aromatic nitrogens is 3. The summed E-state index contributed by atoms with van der Waals surface area (Å²) in [6.07, 6.45) is 4.64. The molecule has 142 valence electrons. The number of hydrogen-bond acceptors (Lipinski definition) is 2. The fourth-order valence-corrected chi connectivity index (χ4v) is 3.56. The first-order valence-corrected chi connectivity index (χ1v) is 9.70. The third-order valence-corrected chi connectivity index (χ3v) is 5.14. The van der Waals surface area contributed by atoms with E-state index < -0.39 is 0 Å². The molecule has 0 aliphatic carbocycles. The minimum absolute atomic E-state index is 0.123. The molecule has 28 heavy (non-hydrogen) atoms. The number of aryl methyl sites for hydroxylation is 1. The van der Waals surface area contributed by atoms with Gasteiger partial charge in [-0.05, 0) is 40.0 Å². The highest BCUT2D eigenvalue weighted by Gasteiger charge is 2.13. The number of hydrogen-bond donors (Lipinski definition) is 2. The number of carbonyl (C=O) groups is 1. The smallest absolute Gasteiger partial charge is 0.225 e. The van der Waals surface area contributed by atoms with Gasteiger partial charge >= 0.3 is 0 Å². The van der Waals surface area contributed by atoms with Crippen molar-refractivity contribution in [2.75, 3.05) is 5.32 Å². The van der Waals surface area contributed by atoms with Crippen molar-refractivity contribution in [3.05, 3.63) is 82.3 Å². The predicted octanol–water partition coefficient (Wildman–Crippen LogP) is 4.89. The molecule has 0 radical (unpaired) electrons. The summed E-state index contributed by atoms with van der Waals surface area (Å²) in [7, 11) is 0. The number of H-pyrrole nitrogens is 1. The summed E-state index contributed by atoms with van der Waals surface area (Å²) < 4.78 is 16.1. The van der Waals surface area contributed by atoms with Crippen LogP contribution in [-0.4, -0.2) is 20.7 Å². The zero-order valence-corrected chi connectivity index (χ0v) is 16.5. The highest BCUT2D eigenvalue weighted by atomic mass is 79.9. The average Bonchev–Trinajstić information content (AvgIpc) is 3.25. The van der Waals surface area contributed by atoms with Crippen LogP contribution in [0.3, 0.4) is 0 Å². The van der Waals surface area contributed by atoms with Gasteiger partial charge in [0.2, 0.25) is 5.91 Å². The molecule has 0 aliphatic rings. The minimum Gasteiger partial charge on any atom is -0.361 e. The number of rotatable bonds is 6. The van der Waals surface area contributed by atoms with Gasteiger partial charge in [0.25, 0.3) is 0 Å². The fourth-order valence-electron chi connectivity index (χ4n) is 3.15. The van der Waals surface area contributed by atoms with E-state index in [9.17, 15) is 9.18 Å². The Balaban J connectivity index is 1.39. The number of halogens is 2. The number of para-hydroxylation sites is 1. The van der Waals surface area contributed by atoms with Crippen LogP contribution in [0.15, 0.2) is 65.4 Å². The summed E-state index contributed by atoms with van der Waals surface area (Å²) >= 11 is 3.40. The van der Waals surface area contributed by atoms with E-state index >= 15 is 0 Å². The lowest BCUT2D eigenvalue weighted by molar-refractivity contribution is -0.116. The third kappa shape index (κ3) is 3.99. The van der Waals surface area contributed by atoms with Crippen LogP contribution in [0, 0.1) is 5.82 Å². The van der Waals surface area contributed by atoms with Crippen LogP contribution in [0.4, 0.5) is 10.2 Å². The van der Waals surface area contributed by atoms with Crippen molar-refractivity contribution in [3.63, 3.8) is 0 Å². The van der Waals surface area contributed by atoms with Crippen molar-refractivity contribution in [2.24, 2.45) is 0 Å². The lowest BCUT2D eigenvalue weighted by atomic mass is 10.1. The number of carbonyl (C=O) groups excluding carboxylic acids is 1. The predicted molar refractivity (Wildman–Crippen MR) is 111 cm³/mol. The van der Waals surface area contributed by atoms with Crippen molar-refractivity contribution in [2.45, 2.75) is 19.4 Å². The molecule has 0 atom stereocenters. The molecule has 4 aromatic rings. The molecule has 0 bridgehead atoms. The van der Waals surface area contributed by atoms with Crippen LogP contribution in [0.2, 0.25) is 0 Å². The lowest BCUT2D eigenvalue weighted by Gasteiger charge is -2.04. The molecule has 2 N–H and O–H groups in total. The van der Waals surface area contributed by atoms with Crippen LogP contribution in [-0.2, 0) is 17.8 Å². The molecule has 5 nitrogen and oxygen atoms in total. The second-order valence-corrected chi connectivity index (χ2v) is 7.38. The van der Waals surface area contributed by atoms with E-state index in [1.807, 2.05) is 30.5 Å². The van der Waals surface area contributed by atoms with E-state index in [0.717, 1.165) is 16.5 Å². The van der Waals surface area contributed by atoms with E-state index in [0.29, 0.717) is 28.7 Å². The first kappa shape index (κ1) is 18.4. The zero-order chi connectivity index (χ0) is 19.5. The number of aromatic amines is 1. The highest BCUT2D eigenvalue weighted by molar-refractivity contribution is 9.10. The normalized spacial score (nSPS) is 11.1. The molecule has 2 aromatic heterocycles. The summed E-state index contributed by atoms with van der Waals surface area (Å²) in [5.74, 6) is 0.0285. The average molecular weight is 441 g/mol. The summed E-state index contributed by atoms with van der Waals surface area (Å²) in [5.41, 5.74) is 2.71. The number of amides is 1. The van der Waals surface area contributed by atoms with Crippen LogP contribution in [0.25, 0.3) is 10.9 Å². The molecule has 4 rings (SSSR count). The molecule has 2 heterocycles. The Morgan fingerprint density at radius 2 is 1.93 bits per heavy atom. The van der Waals surface area contributed by atoms with Crippen LogP contribution < -0.4 is 5.32 Å². The topological polar surface area (TPSA) is 62.7 Å². The fraction of sp³-hybridized carbons (Fsp3) is 0.143. The van der Waals surface area contributed by atoms with Gasteiger partial charge in [0, 0.05) is 35.3 Å². The molecule has 0 spiro atoms. The lowest BCUT2D eigenvalue weighted by Crippen LogP contribution is -2.13. The second-order valence-electron chi connectivity index (χ2n) is 6.52. The SMILES string of the molecule is O=C(CCc1c[nH]c2ccccc12)Nc1nn(Cc2ccccc2F)cc1Br. The van der Waals surface area contributed by atoms with Gasteiger partial charge in [0.1, 0.15) is 5.82 Å². The van der Waals surface area contributed by atoms with Crippen molar-refractivity contribution < 1.29 is 9.18 Å². The molecule has 0 aliphatic heterocycles. The van der Waals surface area contributed by atoms with E-state index in [4.69, 9.17) is 0 Å². The van der Waals surface area contributed by atoms with Gasteiger partial charge in [-0.1, -0.05) is 36.4 Å². The minimum atomic E-state index is -0.279. The Morgan fingerprint density at radius 3 is 2.79 bits per heavy atom. The van der Waals surface area contributed by atoms with Crippen LogP contribution in [0.1, 0.15) is 17.5 Å². The largest absolute Gasteiger partial charge is 0.361 e. The number of anilines is 1. The van der Waals surface area contributed by atoms with Gasteiger partial charge in [-0.3, -0.25) is 9.48 Å². The Bertz CT molecular complexity index is 1130. The second kappa shape index (κ2) is 7.98. The van der Waals surface area contributed by atoms with Crippen molar-refractivity contribution >= 4 is 38.6 Å². The van der Waals surface area contributed by atoms with Crippen LogP contribution in [0.5, 0.6) is 0 Å². The van der Waals surface area contributed by atoms with E-state index in [1.165, 1.54) is 6.07 Å². The monoisotopic (exact) mass is 440 g/mol. The van der Waals surface area contributed by atoms with Gasteiger partial charge in [-0.25, -0.2) is 4.39 Å². The maximum absolute atomic E-state index is 13.8. The van der Waals surface area contributed by atoms with E-state index in [1.54, 1.807) is 29.1 Å². The van der Waals surface area contributed by atoms with Crippen molar-refractivity contribution in [1.82, 2.24) is 14.8 Å². The molecule has 7 heteroatoms. The van der Waals surface area contributed by atoms with Crippen LogP contribution >= 0.6 is 15.9 Å². The van der Waals surface area contributed by atoms with Crippen molar-refractivity contribution in [3.8, 4) is 0 Å². The summed E-state index contributed by atoms with van der Waals surface area (Å²) in [6, 6.07) is 14.6. The van der Waals surface area contributed by atoms with Gasteiger partial charge in [0.05, 0.1) is 11.0 Å². The van der Waals surface area contributed by atoms with E-state index in [-0.39, 0.29) is 18.3 Å². The molecule has 0 saturated carbocycles. The maximum Gasteiger partial charge on any atom is 0.225 e. The first-order chi connectivity index (χ1) is 13.6. The number of fused-ring (bicyclic) bond motifs is 1.